The lowest BCUT2D eigenvalue weighted by molar-refractivity contribution is -0.139. The van der Waals surface area contributed by atoms with Gasteiger partial charge in [0.05, 0.1) is 5.92 Å². The molecule has 0 radical (unpaired) electrons. The number of nitrogens with zero attached hydrogens (tertiary/aromatic N) is 2. The fraction of sp³-hybridized carbons (Fsp3) is 0.292. The van der Waals surface area contributed by atoms with Gasteiger partial charge in [0, 0.05) is 31.4 Å². The first-order valence-corrected chi connectivity index (χ1v) is 9.59. The molecule has 2 aliphatic carbocycles. The fourth-order valence-electron chi connectivity index (χ4n) is 4.01. The van der Waals surface area contributed by atoms with Crippen LogP contribution in [0, 0.1) is 11.8 Å². The number of aromatic nitrogens is 1. The van der Waals surface area contributed by atoms with Crippen LogP contribution in [0.15, 0.2) is 77.5 Å². The summed E-state index contributed by atoms with van der Waals surface area (Å²) >= 11 is 0. The van der Waals surface area contributed by atoms with Gasteiger partial charge in [-0.2, -0.15) is 0 Å². The second-order valence-corrected chi connectivity index (χ2v) is 7.36. The Balaban J connectivity index is 1.67. The highest BCUT2D eigenvalue weighted by Crippen LogP contribution is 2.61. The summed E-state index contributed by atoms with van der Waals surface area (Å²) in [7, 11) is 1.73. The van der Waals surface area contributed by atoms with Gasteiger partial charge < -0.3 is 9.84 Å². The number of hydrogen-bond acceptors (Lipinski definition) is 4. The number of fused-ring (bicyclic) bond motifs is 3. The number of aliphatic carboxylic acids is 1. The molecule has 1 N–H and O–H groups in total. The number of pyridine rings is 1. The maximum atomic E-state index is 11.2. The average Bonchev–Trinajstić information content (AvgIpc) is 3.29. The van der Waals surface area contributed by atoms with Crippen molar-refractivity contribution in [3.8, 4) is 5.88 Å². The van der Waals surface area contributed by atoms with Crippen LogP contribution in [0.3, 0.4) is 0 Å². The maximum Gasteiger partial charge on any atom is 0.307 e. The van der Waals surface area contributed by atoms with Crippen molar-refractivity contribution in [3.05, 3.63) is 83.6 Å². The van der Waals surface area contributed by atoms with Crippen LogP contribution >= 0.6 is 0 Å². The summed E-state index contributed by atoms with van der Waals surface area (Å²) in [5.74, 6) is -0.0135. The molecule has 0 amide bonds. The highest BCUT2D eigenvalue weighted by atomic mass is 16.5. The minimum atomic E-state index is -0.701. The summed E-state index contributed by atoms with van der Waals surface area (Å²) in [6, 6.07) is 1.95. The monoisotopic (exact) mass is 390 g/mol. The van der Waals surface area contributed by atoms with Crippen LogP contribution in [-0.4, -0.2) is 35.9 Å². The Morgan fingerprint density at radius 1 is 1.34 bits per heavy atom. The Bertz CT molecular complexity index is 953. The van der Waals surface area contributed by atoms with Gasteiger partial charge in [0.15, 0.2) is 0 Å². The molecule has 0 aromatic carbocycles. The van der Waals surface area contributed by atoms with Crippen molar-refractivity contribution < 1.29 is 14.6 Å². The largest absolute Gasteiger partial charge is 0.481 e. The second-order valence-electron chi connectivity index (χ2n) is 7.36. The summed E-state index contributed by atoms with van der Waals surface area (Å²) in [6.45, 7) is 9.93. The van der Waals surface area contributed by atoms with Gasteiger partial charge in [0.1, 0.15) is 6.61 Å². The summed E-state index contributed by atoms with van der Waals surface area (Å²) in [5.41, 5.74) is 5.15. The quantitative estimate of drug-likeness (QED) is 0.504. The Morgan fingerprint density at radius 3 is 2.72 bits per heavy atom. The fourth-order valence-corrected chi connectivity index (χ4v) is 4.01. The lowest BCUT2D eigenvalue weighted by Crippen LogP contribution is -2.06. The zero-order chi connectivity index (χ0) is 21.0. The van der Waals surface area contributed by atoms with E-state index >= 15 is 0 Å². The van der Waals surface area contributed by atoms with Crippen LogP contribution in [0.25, 0.3) is 0 Å². The first-order chi connectivity index (χ1) is 14.0. The zero-order valence-corrected chi connectivity index (χ0v) is 16.8. The molecule has 2 aliphatic rings. The number of ether oxygens (including phenoxy) is 1. The molecule has 5 nitrogen and oxygen atoms in total. The molecule has 150 valence electrons. The zero-order valence-electron chi connectivity index (χ0n) is 16.8. The average molecular weight is 390 g/mol. The highest BCUT2D eigenvalue weighted by Gasteiger charge is 2.59. The van der Waals surface area contributed by atoms with E-state index in [2.05, 4.69) is 23.1 Å². The predicted octanol–water partition coefficient (Wildman–Crippen LogP) is 4.30. The van der Waals surface area contributed by atoms with Crippen molar-refractivity contribution in [3.63, 3.8) is 0 Å². The molecule has 3 unspecified atom stereocenters. The van der Waals surface area contributed by atoms with E-state index in [0.29, 0.717) is 12.5 Å². The van der Waals surface area contributed by atoms with E-state index in [1.165, 1.54) is 0 Å². The minimum absolute atomic E-state index is 0.132. The van der Waals surface area contributed by atoms with Crippen molar-refractivity contribution in [1.29, 1.82) is 0 Å². The van der Waals surface area contributed by atoms with Gasteiger partial charge in [-0.25, -0.2) is 4.98 Å². The number of aliphatic imine (C=N–C) groups is 1. The van der Waals surface area contributed by atoms with Gasteiger partial charge in [0.2, 0.25) is 5.88 Å². The molecule has 1 heterocycles. The van der Waals surface area contributed by atoms with Crippen LogP contribution in [0.1, 0.15) is 24.0 Å². The number of rotatable bonds is 9. The van der Waals surface area contributed by atoms with Crippen molar-refractivity contribution in [2.75, 3.05) is 13.7 Å². The SMILES string of the molecule is C=C/C=C(C=NC)/C(/C=C(\C)COc1cc2c(cn1)C1C(C2)C1C(=O)O)=C/C=C. The Hall–Kier alpha value is -3.21. The molecule has 0 bridgehead atoms. The van der Waals surface area contributed by atoms with Crippen LogP contribution in [0.2, 0.25) is 0 Å². The predicted molar refractivity (Wildman–Crippen MR) is 116 cm³/mol. The standard InChI is InChI=1S/C24H26N2O3/c1-5-7-16(17(8-6-2)12-25-4)9-15(3)14-29-21-11-18-10-19-22(20(18)13-26-21)23(19)24(27)28/h5-9,11-13,19,22-23H,1-2,10,14H2,3-4H3,(H,27,28)/b15-9+,16-7+,17-8+,25-12?. The lowest BCUT2D eigenvalue weighted by atomic mass is 10.0. The third-order valence-corrected chi connectivity index (χ3v) is 5.31. The topological polar surface area (TPSA) is 71.8 Å². The Labute approximate surface area is 171 Å². The smallest absolute Gasteiger partial charge is 0.307 e. The molecule has 3 rings (SSSR count). The van der Waals surface area contributed by atoms with E-state index in [1.54, 1.807) is 31.6 Å². The van der Waals surface area contributed by atoms with Crippen LogP contribution < -0.4 is 4.74 Å². The van der Waals surface area contributed by atoms with Crippen molar-refractivity contribution in [2.24, 2.45) is 16.8 Å². The normalized spacial score (nSPS) is 23.5. The number of allylic oxidation sites excluding steroid dienone is 7. The third-order valence-electron chi connectivity index (χ3n) is 5.31. The lowest BCUT2D eigenvalue weighted by Gasteiger charge is -2.10. The molecular formula is C24H26N2O3. The molecule has 5 heteroatoms. The molecule has 1 aromatic rings. The molecule has 0 spiro atoms. The van der Waals surface area contributed by atoms with Crippen LogP contribution in [0.4, 0.5) is 0 Å². The molecule has 29 heavy (non-hydrogen) atoms. The Kier molecular flexibility index (Phi) is 6.27. The first kappa shape index (κ1) is 20.5. The van der Waals surface area contributed by atoms with Crippen LogP contribution in [0.5, 0.6) is 5.88 Å². The molecule has 0 saturated heterocycles. The van der Waals surface area contributed by atoms with Gasteiger partial charge in [-0.05, 0) is 47.1 Å². The van der Waals surface area contributed by atoms with Crippen molar-refractivity contribution >= 4 is 12.2 Å². The van der Waals surface area contributed by atoms with Gasteiger partial charge in [-0.15, -0.1) is 0 Å². The van der Waals surface area contributed by atoms with E-state index in [4.69, 9.17) is 4.74 Å². The molecule has 3 atom stereocenters. The van der Waals surface area contributed by atoms with Crippen molar-refractivity contribution in [1.82, 2.24) is 4.98 Å². The van der Waals surface area contributed by atoms with Gasteiger partial charge in [-0.1, -0.05) is 43.5 Å². The highest BCUT2D eigenvalue weighted by molar-refractivity contribution is 5.86. The Morgan fingerprint density at radius 2 is 2.07 bits per heavy atom. The minimum Gasteiger partial charge on any atom is -0.481 e. The summed E-state index contributed by atoms with van der Waals surface area (Å²) < 4.78 is 5.87. The number of carboxylic acid groups (broad SMARTS) is 1. The maximum absolute atomic E-state index is 11.2. The molecule has 1 saturated carbocycles. The van der Waals surface area contributed by atoms with E-state index in [9.17, 15) is 9.90 Å². The van der Waals surface area contributed by atoms with E-state index < -0.39 is 5.97 Å². The van der Waals surface area contributed by atoms with E-state index in [0.717, 1.165) is 34.3 Å². The number of hydrogen-bond donors (Lipinski definition) is 1. The van der Waals surface area contributed by atoms with Gasteiger partial charge in [-0.3, -0.25) is 9.79 Å². The summed E-state index contributed by atoms with van der Waals surface area (Å²) in [5, 5.41) is 9.22. The molecule has 0 aliphatic heterocycles. The molecular weight excluding hydrogens is 364 g/mol. The van der Waals surface area contributed by atoms with E-state index in [1.807, 2.05) is 31.2 Å². The van der Waals surface area contributed by atoms with Crippen molar-refractivity contribution in [2.45, 2.75) is 19.3 Å². The third kappa shape index (κ3) is 4.45. The first-order valence-electron chi connectivity index (χ1n) is 9.59. The summed E-state index contributed by atoms with van der Waals surface area (Å²) in [4.78, 5) is 19.7. The van der Waals surface area contributed by atoms with Gasteiger partial charge in [0.25, 0.3) is 0 Å². The van der Waals surface area contributed by atoms with Gasteiger partial charge >= 0.3 is 5.97 Å². The van der Waals surface area contributed by atoms with Crippen LogP contribution in [-0.2, 0) is 11.2 Å². The molecule has 1 aromatic heterocycles. The molecule has 1 fully saturated rings. The summed E-state index contributed by atoms with van der Waals surface area (Å²) in [6.07, 6.45) is 13.6. The number of carboxylic acids is 1. The second kappa shape index (κ2) is 8.86. The number of carbonyl (C=O) groups is 1. The van der Waals surface area contributed by atoms with E-state index in [-0.39, 0.29) is 17.8 Å².